The molecule has 0 radical (unpaired) electrons. The van der Waals surface area contributed by atoms with Crippen molar-refractivity contribution in [3.63, 3.8) is 0 Å². The zero-order chi connectivity index (χ0) is 13.0. The van der Waals surface area contributed by atoms with Crippen molar-refractivity contribution in [2.75, 3.05) is 17.7 Å². The number of benzene rings is 1. The van der Waals surface area contributed by atoms with Gasteiger partial charge in [0.05, 0.1) is 23.5 Å². The van der Waals surface area contributed by atoms with Crippen molar-refractivity contribution in [3.05, 3.63) is 53.9 Å². The molecule has 90 valence electrons. The molecule has 0 fully saturated rings. The summed E-state index contributed by atoms with van der Waals surface area (Å²) in [5.74, 6) is 0. The summed E-state index contributed by atoms with van der Waals surface area (Å²) in [6.45, 7) is 0.652. The van der Waals surface area contributed by atoms with Gasteiger partial charge in [0.25, 0.3) is 0 Å². The van der Waals surface area contributed by atoms with Gasteiger partial charge in [-0.3, -0.25) is 4.98 Å². The number of anilines is 2. The van der Waals surface area contributed by atoms with Crippen LogP contribution in [-0.4, -0.2) is 12.0 Å². The van der Waals surface area contributed by atoms with Crippen molar-refractivity contribution in [2.24, 2.45) is 0 Å². The van der Waals surface area contributed by atoms with E-state index in [1.54, 1.807) is 18.3 Å². The van der Waals surface area contributed by atoms with Gasteiger partial charge in [-0.15, -0.1) is 0 Å². The Bertz CT molecular complexity index is 572. The minimum atomic E-state index is 0.577. The molecule has 0 bridgehead atoms. The standard InChI is InChI=1S/C14H14N4/c1-18(10-13-4-2-3-7-17-13)14-6-5-12(16)8-11(14)9-15/h2-8H,10,16H2,1H3. The van der Waals surface area contributed by atoms with E-state index < -0.39 is 0 Å². The van der Waals surface area contributed by atoms with Gasteiger partial charge in [-0.1, -0.05) is 6.07 Å². The average Bonchev–Trinajstić information content (AvgIpc) is 2.39. The van der Waals surface area contributed by atoms with Crippen LogP contribution in [0.4, 0.5) is 11.4 Å². The van der Waals surface area contributed by atoms with Crippen LogP contribution in [0.15, 0.2) is 42.6 Å². The van der Waals surface area contributed by atoms with E-state index >= 15 is 0 Å². The molecule has 1 aromatic carbocycles. The van der Waals surface area contributed by atoms with E-state index in [1.165, 1.54) is 0 Å². The number of nitriles is 1. The van der Waals surface area contributed by atoms with Crippen LogP contribution < -0.4 is 10.6 Å². The van der Waals surface area contributed by atoms with Crippen molar-refractivity contribution in [2.45, 2.75) is 6.54 Å². The van der Waals surface area contributed by atoms with Crippen LogP contribution in [0, 0.1) is 11.3 Å². The largest absolute Gasteiger partial charge is 0.399 e. The molecule has 0 spiro atoms. The summed E-state index contributed by atoms with van der Waals surface area (Å²) in [6, 6.07) is 13.3. The zero-order valence-corrected chi connectivity index (χ0v) is 10.2. The Labute approximate surface area is 106 Å². The first-order chi connectivity index (χ1) is 8.70. The molecule has 0 aliphatic carbocycles. The highest BCUT2D eigenvalue weighted by molar-refractivity contribution is 5.64. The van der Waals surface area contributed by atoms with Gasteiger partial charge in [0, 0.05) is 18.9 Å². The predicted molar refractivity (Wildman–Crippen MR) is 71.9 cm³/mol. The maximum Gasteiger partial charge on any atom is 0.101 e. The molecule has 4 heteroatoms. The van der Waals surface area contributed by atoms with E-state index in [4.69, 9.17) is 11.0 Å². The first-order valence-electron chi connectivity index (χ1n) is 5.61. The summed E-state index contributed by atoms with van der Waals surface area (Å²) >= 11 is 0. The van der Waals surface area contributed by atoms with Crippen LogP contribution in [0.25, 0.3) is 0 Å². The fraction of sp³-hybridized carbons (Fsp3) is 0.143. The van der Waals surface area contributed by atoms with E-state index in [2.05, 4.69) is 11.1 Å². The number of hydrogen-bond donors (Lipinski definition) is 1. The minimum absolute atomic E-state index is 0.577. The lowest BCUT2D eigenvalue weighted by molar-refractivity contribution is 0.883. The van der Waals surface area contributed by atoms with E-state index in [1.807, 2.05) is 36.2 Å². The highest BCUT2D eigenvalue weighted by Crippen LogP contribution is 2.22. The molecule has 4 nitrogen and oxygen atoms in total. The Morgan fingerprint density at radius 1 is 1.33 bits per heavy atom. The molecule has 1 aromatic heterocycles. The highest BCUT2D eigenvalue weighted by Gasteiger charge is 2.08. The third-order valence-electron chi connectivity index (χ3n) is 2.68. The zero-order valence-electron chi connectivity index (χ0n) is 10.2. The molecule has 0 atom stereocenters. The van der Waals surface area contributed by atoms with Crippen LogP contribution in [0.3, 0.4) is 0 Å². The Morgan fingerprint density at radius 2 is 2.17 bits per heavy atom. The molecule has 2 rings (SSSR count). The van der Waals surface area contributed by atoms with Gasteiger partial charge in [-0.05, 0) is 30.3 Å². The molecular formula is C14H14N4. The molecule has 2 N–H and O–H groups in total. The van der Waals surface area contributed by atoms with Crippen LogP contribution in [0.5, 0.6) is 0 Å². The molecular weight excluding hydrogens is 224 g/mol. The van der Waals surface area contributed by atoms with E-state index in [0.717, 1.165) is 11.4 Å². The van der Waals surface area contributed by atoms with Crippen molar-refractivity contribution in [1.82, 2.24) is 4.98 Å². The number of aromatic nitrogens is 1. The Kier molecular flexibility index (Phi) is 3.44. The fourth-order valence-corrected chi connectivity index (χ4v) is 1.80. The second-order valence-corrected chi connectivity index (χ2v) is 4.07. The van der Waals surface area contributed by atoms with E-state index in [-0.39, 0.29) is 0 Å². The lowest BCUT2D eigenvalue weighted by atomic mass is 10.1. The number of nitrogens with two attached hydrogens (primary N) is 1. The second kappa shape index (κ2) is 5.19. The van der Waals surface area contributed by atoms with Gasteiger partial charge in [0.15, 0.2) is 0 Å². The van der Waals surface area contributed by atoms with Crippen LogP contribution >= 0.6 is 0 Å². The summed E-state index contributed by atoms with van der Waals surface area (Å²) in [4.78, 5) is 6.25. The van der Waals surface area contributed by atoms with Crippen molar-refractivity contribution in [3.8, 4) is 6.07 Å². The maximum atomic E-state index is 9.11. The lowest BCUT2D eigenvalue weighted by Crippen LogP contribution is -2.18. The third-order valence-corrected chi connectivity index (χ3v) is 2.68. The molecule has 2 aromatic rings. The van der Waals surface area contributed by atoms with Crippen LogP contribution in [0.2, 0.25) is 0 Å². The number of rotatable bonds is 3. The lowest BCUT2D eigenvalue weighted by Gasteiger charge is -2.20. The molecule has 0 aliphatic heterocycles. The van der Waals surface area contributed by atoms with Gasteiger partial charge in [0.2, 0.25) is 0 Å². The average molecular weight is 238 g/mol. The molecule has 18 heavy (non-hydrogen) atoms. The second-order valence-electron chi connectivity index (χ2n) is 4.07. The molecule has 0 saturated carbocycles. The van der Waals surface area contributed by atoms with Crippen molar-refractivity contribution < 1.29 is 0 Å². The number of nitrogens with zero attached hydrogens (tertiary/aromatic N) is 3. The van der Waals surface area contributed by atoms with Crippen LogP contribution in [0.1, 0.15) is 11.3 Å². The summed E-state index contributed by atoms with van der Waals surface area (Å²) in [7, 11) is 1.93. The van der Waals surface area contributed by atoms with E-state index in [0.29, 0.717) is 17.8 Å². The number of hydrogen-bond acceptors (Lipinski definition) is 4. The van der Waals surface area contributed by atoms with Crippen molar-refractivity contribution >= 4 is 11.4 Å². The van der Waals surface area contributed by atoms with Gasteiger partial charge in [0.1, 0.15) is 6.07 Å². The normalized spacial score (nSPS) is 9.78. The number of pyridine rings is 1. The first kappa shape index (κ1) is 11.9. The Balaban J connectivity index is 2.24. The van der Waals surface area contributed by atoms with Gasteiger partial charge in [-0.25, -0.2) is 0 Å². The SMILES string of the molecule is CN(Cc1ccccn1)c1ccc(N)cc1C#N. The van der Waals surface area contributed by atoms with Crippen LogP contribution in [-0.2, 0) is 6.54 Å². The summed E-state index contributed by atoms with van der Waals surface area (Å²) in [6.07, 6.45) is 1.76. The van der Waals surface area contributed by atoms with Gasteiger partial charge < -0.3 is 10.6 Å². The summed E-state index contributed by atoms with van der Waals surface area (Å²) < 4.78 is 0. The predicted octanol–water partition coefficient (Wildman–Crippen LogP) is 2.17. The summed E-state index contributed by atoms with van der Waals surface area (Å²) in [5.41, 5.74) is 8.67. The molecule has 1 heterocycles. The number of nitrogen functional groups attached to an aromatic ring is 1. The fourth-order valence-electron chi connectivity index (χ4n) is 1.80. The summed E-state index contributed by atoms with van der Waals surface area (Å²) in [5, 5.41) is 9.11. The molecule has 0 unspecified atom stereocenters. The maximum absolute atomic E-state index is 9.11. The minimum Gasteiger partial charge on any atom is -0.399 e. The molecule has 0 amide bonds. The highest BCUT2D eigenvalue weighted by atomic mass is 15.1. The smallest absolute Gasteiger partial charge is 0.101 e. The van der Waals surface area contributed by atoms with Crippen molar-refractivity contribution in [1.29, 1.82) is 5.26 Å². The van der Waals surface area contributed by atoms with Gasteiger partial charge >= 0.3 is 0 Å². The molecule has 0 saturated heterocycles. The van der Waals surface area contributed by atoms with E-state index in [9.17, 15) is 0 Å². The Hall–Kier alpha value is -2.54. The monoisotopic (exact) mass is 238 g/mol. The van der Waals surface area contributed by atoms with Gasteiger partial charge in [-0.2, -0.15) is 5.26 Å². The topological polar surface area (TPSA) is 65.9 Å². The Morgan fingerprint density at radius 3 is 2.83 bits per heavy atom. The first-order valence-corrected chi connectivity index (χ1v) is 5.61. The quantitative estimate of drug-likeness (QED) is 0.832. The molecule has 0 aliphatic rings. The third kappa shape index (κ3) is 2.58.